The van der Waals surface area contributed by atoms with E-state index in [1.54, 1.807) is 74.5 Å². The first-order valence-corrected chi connectivity index (χ1v) is 28.9. The average Bonchev–Trinajstić information content (AvgIpc) is 3.61. The number of benzene rings is 3. The lowest BCUT2D eigenvalue weighted by atomic mass is 9.99. The third kappa shape index (κ3) is 19.7. The zero-order valence-corrected chi connectivity index (χ0v) is 48.3. The quantitative estimate of drug-likeness (QED) is 0.0183. The third-order valence-corrected chi connectivity index (χ3v) is 15.0. The molecule has 27 heteroatoms. The number of nitrogens with one attached hydrogen (secondary N) is 8. The molecular weight excluding hydrogens is 1110 g/mol. The fraction of sp³-hybridized carbons (Fsp3) is 0.492. The van der Waals surface area contributed by atoms with Gasteiger partial charge in [-0.25, -0.2) is 0 Å². The lowest BCUT2D eigenvalue weighted by molar-refractivity contribution is -0.142. The number of aromatic hydroxyl groups is 1. The number of hydrogen-bond acceptors (Lipinski definition) is 14. The van der Waals surface area contributed by atoms with Gasteiger partial charge >= 0.3 is 0 Å². The summed E-state index contributed by atoms with van der Waals surface area (Å²) in [6.45, 7) is 2.57. The molecule has 9 atom stereocenters. The van der Waals surface area contributed by atoms with Crippen molar-refractivity contribution >= 4 is 70.9 Å². The topological polar surface area (TPSA) is 421 Å². The zero-order valence-electron chi connectivity index (χ0n) is 48.3. The maximum atomic E-state index is 14.7. The van der Waals surface area contributed by atoms with Crippen LogP contribution >= 0.6 is 0 Å². The van der Waals surface area contributed by atoms with E-state index in [0.29, 0.717) is 29.5 Å². The Balaban J connectivity index is 1.21. The molecular formula is C59H80N14O13. The predicted octanol–water partition coefficient (Wildman–Crippen LogP) is -2.72. The number of phenols is 1. The number of phenolic OH excluding ortho intramolecular Hbond substituents is 1. The molecule has 86 heavy (non-hydrogen) atoms. The molecule has 0 spiro atoms. The van der Waals surface area contributed by atoms with Crippen LogP contribution in [0.3, 0.4) is 0 Å². The first kappa shape index (κ1) is 66.0. The summed E-state index contributed by atoms with van der Waals surface area (Å²) in [5.74, 6) is -8.26. The zero-order chi connectivity index (χ0) is 62.5. The van der Waals surface area contributed by atoms with Crippen molar-refractivity contribution in [3.63, 3.8) is 0 Å². The average molecular weight is 1190 g/mol. The number of carbonyl (C=O) groups is 11. The van der Waals surface area contributed by atoms with Gasteiger partial charge in [0.25, 0.3) is 0 Å². The molecule has 3 saturated heterocycles. The van der Waals surface area contributed by atoms with E-state index in [1.807, 2.05) is 0 Å². The first-order valence-electron chi connectivity index (χ1n) is 28.9. The monoisotopic (exact) mass is 1190 g/mol. The molecule has 0 bridgehead atoms. The largest absolute Gasteiger partial charge is 0.508 e. The normalized spacial score (nSPS) is 18.4. The number of nitrogens with zero attached hydrogens (tertiary/aromatic N) is 3. The Morgan fingerprint density at radius 1 is 0.593 bits per heavy atom. The van der Waals surface area contributed by atoms with E-state index in [9.17, 15) is 63.0 Å². The Morgan fingerprint density at radius 2 is 1.07 bits per heavy atom. The third-order valence-electron chi connectivity index (χ3n) is 15.0. The van der Waals surface area contributed by atoms with E-state index < -0.39 is 127 Å². The van der Waals surface area contributed by atoms with Crippen LogP contribution < -0.4 is 59.7 Å². The van der Waals surface area contributed by atoms with Crippen LogP contribution in [0.25, 0.3) is 0 Å². The van der Waals surface area contributed by atoms with E-state index in [1.165, 1.54) is 34.1 Å². The highest BCUT2D eigenvalue weighted by atomic mass is 16.3. The standard InChI is InChI=1S/C59H80N14O13/c1-34(2)28-41(51(79)66-40(16-9-25-63-59(61)62)57(85)72-26-10-17-46(72)55(83)64-32-48(60)76)67-52(80)42(29-35-12-5-3-6-13-35)68-53(81)43(30-37-19-21-38(75)22-20-37)69-54(82)45(33-74)71-56(84)47-18-11-27-73(47)58(86)44(31-36-14-7-4-8-15-36)70-50(78)39-23-24-49(77)65-39/h3-8,12-15,19-22,34,39-47,74-75H,9-11,16-18,23-33H2,1-2H3,(H2,60,76)(H,64,83)(H,65,77)(H,66,79)(H,67,80)(H,68,81)(H,69,82)(H,70,78)(H,71,84)(H4,61,62,63)/t39-,40-,41-,42+,43-,44+,45-,46-,47+/m0/s1. The number of nitrogens with two attached hydrogens (primary N) is 3. The molecule has 3 aromatic carbocycles. The summed E-state index contributed by atoms with van der Waals surface area (Å²) in [5, 5.41) is 42.0. The highest BCUT2D eigenvalue weighted by Gasteiger charge is 2.42. The second kappa shape index (κ2) is 32.2. The van der Waals surface area contributed by atoms with Crippen molar-refractivity contribution in [2.24, 2.45) is 28.1 Å². The fourth-order valence-corrected chi connectivity index (χ4v) is 10.6. The van der Waals surface area contributed by atoms with Gasteiger partial charge in [0.15, 0.2) is 5.96 Å². The van der Waals surface area contributed by atoms with Crippen LogP contribution in [-0.4, -0.2) is 178 Å². The number of amides is 11. The predicted molar refractivity (Wildman–Crippen MR) is 313 cm³/mol. The number of rotatable bonds is 30. The number of aliphatic hydroxyl groups excluding tert-OH is 1. The number of primary amides is 1. The van der Waals surface area contributed by atoms with Gasteiger partial charge in [-0.15, -0.1) is 0 Å². The molecule has 0 radical (unpaired) electrons. The van der Waals surface area contributed by atoms with Crippen molar-refractivity contribution in [3.8, 4) is 5.75 Å². The van der Waals surface area contributed by atoms with Gasteiger partial charge in [-0.3, -0.25) is 57.7 Å². The molecule has 3 aliphatic heterocycles. The minimum absolute atomic E-state index is 0.0107. The maximum Gasteiger partial charge on any atom is 0.246 e. The van der Waals surface area contributed by atoms with E-state index in [-0.39, 0.29) is 107 Å². The molecule has 0 saturated carbocycles. The number of likely N-dealkylation sites (tertiary alicyclic amines) is 2. The molecule has 27 nitrogen and oxygen atoms in total. The minimum Gasteiger partial charge on any atom is -0.508 e. The molecule has 11 amide bonds. The Kier molecular flexibility index (Phi) is 24.7. The summed E-state index contributed by atoms with van der Waals surface area (Å²) in [4.78, 5) is 158. The number of guanidine groups is 1. The second-order valence-electron chi connectivity index (χ2n) is 22.1. The number of aliphatic hydroxyl groups is 1. The molecule has 0 aliphatic carbocycles. The summed E-state index contributed by atoms with van der Waals surface area (Å²) >= 11 is 0. The van der Waals surface area contributed by atoms with Gasteiger partial charge in [-0.1, -0.05) is 86.6 Å². The van der Waals surface area contributed by atoms with Gasteiger partial charge in [0.2, 0.25) is 65.0 Å². The number of carbonyl (C=O) groups excluding carboxylic acids is 11. The van der Waals surface area contributed by atoms with E-state index in [0.717, 1.165) is 0 Å². The highest BCUT2D eigenvalue weighted by Crippen LogP contribution is 2.23. The van der Waals surface area contributed by atoms with Crippen molar-refractivity contribution in [1.82, 2.24) is 52.3 Å². The van der Waals surface area contributed by atoms with Crippen LogP contribution in [0.1, 0.15) is 88.3 Å². The number of hydrogen-bond donors (Lipinski definition) is 13. The molecule has 3 aromatic rings. The van der Waals surface area contributed by atoms with Gasteiger partial charge < -0.3 is 79.7 Å². The summed E-state index contributed by atoms with van der Waals surface area (Å²) < 4.78 is 0. The molecule has 3 fully saturated rings. The van der Waals surface area contributed by atoms with Gasteiger partial charge in [0, 0.05) is 45.3 Å². The Labute approximate surface area is 498 Å². The van der Waals surface area contributed by atoms with Crippen LogP contribution in [0.5, 0.6) is 5.75 Å². The maximum absolute atomic E-state index is 14.7. The Morgan fingerprint density at radius 3 is 1.58 bits per heavy atom. The molecule has 3 heterocycles. The van der Waals surface area contributed by atoms with Crippen LogP contribution in [0, 0.1) is 5.92 Å². The lowest BCUT2D eigenvalue weighted by Crippen LogP contribution is -2.61. The van der Waals surface area contributed by atoms with E-state index in [2.05, 4.69) is 47.5 Å². The van der Waals surface area contributed by atoms with E-state index >= 15 is 0 Å². The molecule has 16 N–H and O–H groups in total. The highest BCUT2D eigenvalue weighted by molar-refractivity contribution is 5.99. The smallest absolute Gasteiger partial charge is 0.246 e. The van der Waals surface area contributed by atoms with Crippen LogP contribution in [0.2, 0.25) is 0 Å². The van der Waals surface area contributed by atoms with Crippen LogP contribution in [0.4, 0.5) is 0 Å². The Bertz CT molecular complexity index is 2910. The molecule has 464 valence electrons. The summed E-state index contributed by atoms with van der Waals surface area (Å²) in [5.41, 5.74) is 18.1. The molecule has 0 aromatic heterocycles. The second-order valence-corrected chi connectivity index (χ2v) is 22.1. The first-order chi connectivity index (χ1) is 41.1. The summed E-state index contributed by atoms with van der Waals surface area (Å²) in [6.07, 6.45) is 1.61. The van der Waals surface area contributed by atoms with Crippen molar-refractivity contribution in [3.05, 3.63) is 102 Å². The van der Waals surface area contributed by atoms with Gasteiger partial charge in [-0.2, -0.15) is 0 Å². The number of aliphatic imine (C=N–C) groups is 1. The van der Waals surface area contributed by atoms with Crippen molar-refractivity contribution in [1.29, 1.82) is 0 Å². The summed E-state index contributed by atoms with van der Waals surface area (Å²) in [7, 11) is 0. The van der Waals surface area contributed by atoms with Gasteiger partial charge in [0.05, 0.1) is 13.2 Å². The van der Waals surface area contributed by atoms with Crippen molar-refractivity contribution in [2.45, 2.75) is 145 Å². The van der Waals surface area contributed by atoms with Gasteiger partial charge in [0.1, 0.15) is 60.1 Å². The van der Waals surface area contributed by atoms with Crippen molar-refractivity contribution in [2.75, 3.05) is 32.8 Å². The summed E-state index contributed by atoms with van der Waals surface area (Å²) in [6, 6.07) is 11.9. The van der Waals surface area contributed by atoms with E-state index in [4.69, 9.17) is 17.2 Å². The lowest BCUT2D eigenvalue weighted by Gasteiger charge is -2.31. The van der Waals surface area contributed by atoms with Crippen LogP contribution in [0.15, 0.2) is 89.9 Å². The minimum atomic E-state index is -1.68. The molecule has 6 rings (SSSR count). The molecule has 0 unspecified atom stereocenters. The van der Waals surface area contributed by atoms with Crippen LogP contribution in [-0.2, 0) is 72.0 Å². The SMILES string of the molecule is CC(C)C[C@H](NC(=O)[C@@H](Cc1ccccc1)NC(=O)[C@H](Cc1ccc(O)cc1)NC(=O)[C@H](CO)NC(=O)[C@H]1CCCN1C(=O)[C@@H](Cc1ccccc1)NC(=O)[C@@H]1CCC(=O)N1)C(=O)N[C@@H](CCCN=C(N)N)C(=O)N1CCC[C@H]1C(=O)NCC(N)=O. The molecule has 3 aliphatic rings. The van der Waals surface area contributed by atoms with Gasteiger partial charge in [-0.05, 0) is 86.1 Å². The van der Waals surface area contributed by atoms with Crippen molar-refractivity contribution < 1.29 is 63.0 Å². The Hall–Kier alpha value is -9.14. The fourth-order valence-electron chi connectivity index (χ4n) is 10.6.